The second kappa shape index (κ2) is 5.07. The van der Waals surface area contributed by atoms with Gasteiger partial charge in [-0.05, 0) is 26.9 Å². The first-order chi connectivity index (χ1) is 7.07. The number of rotatable bonds is 6. The van der Waals surface area contributed by atoms with Crippen molar-refractivity contribution in [1.82, 2.24) is 4.90 Å². The minimum absolute atomic E-state index is 0.348. The van der Waals surface area contributed by atoms with E-state index in [1.807, 2.05) is 7.05 Å². The van der Waals surface area contributed by atoms with Crippen molar-refractivity contribution < 1.29 is 0 Å². The molecule has 0 saturated carbocycles. The first-order valence-electron chi connectivity index (χ1n) is 5.30. The van der Waals surface area contributed by atoms with Gasteiger partial charge < -0.3 is 10.2 Å². The van der Waals surface area contributed by atoms with E-state index in [0.717, 1.165) is 19.5 Å². The molecule has 0 spiro atoms. The smallest absolute Gasteiger partial charge is 0.249 e. The molecule has 0 bridgehead atoms. The monoisotopic (exact) mass is 210 g/mol. The summed E-state index contributed by atoms with van der Waals surface area (Å²) in [6, 6.07) is 0. The molecule has 0 saturated heterocycles. The van der Waals surface area contributed by atoms with Crippen LogP contribution in [0.3, 0.4) is 0 Å². The summed E-state index contributed by atoms with van der Waals surface area (Å²) in [5, 5.41) is 3.01. The van der Waals surface area contributed by atoms with Gasteiger partial charge in [-0.1, -0.05) is 6.92 Å². The number of likely N-dealkylation sites (N-methyl/N-ethyl adjacent to an activating group) is 1. The molecule has 0 fully saturated rings. The first-order valence-corrected chi connectivity index (χ1v) is 5.30. The van der Waals surface area contributed by atoms with Crippen molar-refractivity contribution >= 4 is 5.69 Å². The molecule has 1 aromatic carbocycles. The standard InChI is InChI=1S/C11H18N2O2/c1-4-6-13(3)7-5-12-9-8(2)10(14)11(9)15/h12H,4-7H2,1-3H3. The fraction of sp³-hybridized carbons (Fsp3) is 0.636. The summed E-state index contributed by atoms with van der Waals surface area (Å²) in [4.78, 5) is 24.2. The summed E-state index contributed by atoms with van der Waals surface area (Å²) in [6.45, 7) is 6.45. The zero-order valence-electron chi connectivity index (χ0n) is 9.59. The van der Waals surface area contributed by atoms with Gasteiger partial charge in [0.1, 0.15) is 0 Å². The van der Waals surface area contributed by atoms with Crippen LogP contribution in [0, 0.1) is 6.92 Å². The molecule has 0 aromatic heterocycles. The van der Waals surface area contributed by atoms with Gasteiger partial charge >= 0.3 is 0 Å². The number of anilines is 1. The minimum Gasteiger partial charge on any atom is -0.380 e. The van der Waals surface area contributed by atoms with Crippen molar-refractivity contribution in [1.29, 1.82) is 0 Å². The Hall–Kier alpha value is -1.16. The molecule has 1 aromatic rings. The molecule has 0 unspecified atom stereocenters. The lowest BCUT2D eigenvalue weighted by atomic mass is 10.1. The fourth-order valence-electron chi connectivity index (χ4n) is 1.58. The van der Waals surface area contributed by atoms with E-state index < -0.39 is 0 Å². The highest BCUT2D eigenvalue weighted by molar-refractivity contribution is 5.55. The fourth-order valence-corrected chi connectivity index (χ4v) is 1.58. The summed E-state index contributed by atoms with van der Waals surface area (Å²) in [7, 11) is 2.04. The maximum Gasteiger partial charge on any atom is 0.249 e. The van der Waals surface area contributed by atoms with Gasteiger partial charge in [0.05, 0.1) is 5.69 Å². The van der Waals surface area contributed by atoms with E-state index in [0.29, 0.717) is 17.8 Å². The van der Waals surface area contributed by atoms with Crippen molar-refractivity contribution in [2.75, 3.05) is 32.0 Å². The third kappa shape index (κ3) is 2.65. The molecule has 4 nitrogen and oxygen atoms in total. The zero-order chi connectivity index (χ0) is 11.4. The molecule has 0 atom stereocenters. The van der Waals surface area contributed by atoms with Crippen molar-refractivity contribution in [3.05, 3.63) is 26.0 Å². The Morgan fingerprint density at radius 3 is 2.40 bits per heavy atom. The van der Waals surface area contributed by atoms with Gasteiger partial charge in [0.25, 0.3) is 0 Å². The third-order valence-corrected chi connectivity index (χ3v) is 2.55. The van der Waals surface area contributed by atoms with E-state index in [2.05, 4.69) is 17.1 Å². The van der Waals surface area contributed by atoms with E-state index in [1.54, 1.807) is 6.92 Å². The second-order valence-electron chi connectivity index (χ2n) is 3.89. The van der Waals surface area contributed by atoms with Crippen LogP contribution in [0.2, 0.25) is 0 Å². The number of hydrogen-bond acceptors (Lipinski definition) is 4. The lowest BCUT2D eigenvalue weighted by Crippen LogP contribution is -2.38. The molecule has 0 radical (unpaired) electrons. The Kier molecular flexibility index (Phi) is 4.03. The number of nitrogens with zero attached hydrogens (tertiary/aromatic N) is 1. The summed E-state index contributed by atoms with van der Waals surface area (Å²) >= 11 is 0. The molecule has 15 heavy (non-hydrogen) atoms. The van der Waals surface area contributed by atoms with Crippen LogP contribution >= 0.6 is 0 Å². The van der Waals surface area contributed by atoms with Crippen molar-refractivity contribution in [3.8, 4) is 0 Å². The van der Waals surface area contributed by atoms with Crippen LogP contribution < -0.4 is 16.2 Å². The highest BCUT2D eigenvalue weighted by atomic mass is 16.2. The van der Waals surface area contributed by atoms with Gasteiger partial charge in [-0.3, -0.25) is 9.59 Å². The average Bonchev–Trinajstić information content (AvgIpc) is 2.23. The summed E-state index contributed by atoms with van der Waals surface area (Å²) in [5.74, 6) is 0. The Morgan fingerprint density at radius 1 is 1.20 bits per heavy atom. The van der Waals surface area contributed by atoms with Gasteiger partial charge in [0.2, 0.25) is 10.9 Å². The highest BCUT2D eigenvalue weighted by Crippen LogP contribution is 2.04. The molecule has 0 heterocycles. The topological polar surface area (TPSA) is 49.4 Å². The lowest BCUT2D eigenvalue weighted by Gasteiger charge is -2.17. The summed E-state index contributed by atoms with van der Waals surface area (Å²) in [5.41, 5.74) is 0.355. The normalized spacial score (nSPS) is 11.2. The lowest BCUT2D eigenvalue weighted by molar-refractivity contribution is 0.348. The van der Waals surface area contributed by atoms with Crippen LogP contribution in [0.4, 0.5) is 5.69 Å². The van der Waals surface area contributed by atoms with Gasteiger partial charge in [0.15, 0.2) is 0 Å². The third-order valence-electron chi connectivity index (χ3n) is 2.55. The SMILES string of the molecule is CCCN(C)CCNc1c(C)c(=O)c1=O. The predicted octanol–water partition coefficient (Wildman–Crippen LogP) is 0.345. The Labute approximate surface area is 89.6 Å². The number of nitrogens with one attached hydrogen (secondary N) is 1. The molecule has 4 heteroatoms. The summed E-state index contributed by atoms with van der Waals surface area (Å²) in [6.07, 6.45) is 1.12. The van der Waals surface area contributed by atoms with Crippen molar-refractivity contribution in [3.63, 3.8) is 0 Å². The molecule has 1 rings (SSSR count). The van der Waals surface area contributed by atoms with E-state index in [4.69, 9.17) is 0 Å². The van der Waals surface area contributed by atoms with E-state index in [1.165, 1.54) is 0 Å². The largest absolute Gasteiger partial charge is 0.380 e. The summed E-state index contributed by atoms with van der Waals surface area (Å²) < 4.78 is 0. The molecule has 0 aliphatic rings. The second-order valence-corrected chi connectivity index (χ2v) is 3.89. The van der Waals surface area contributed by atoms with Crippen molar-refractivity contribution in [2.24, 2.45) is 0 Å². The Morgan fingerprint density at radius 2 is 1.87 bits per heavy atom. The van der Waals surface area contributed by atoms with Crippen LogP contribution in [-0.2, 0) is 0 Å². The van der Waals surface area contributed by atoms with E-state index in [-0.39, 0.29) is 10.9 Å². The Balaban J connectivity index is 2.33. The quantitative estimate of drug-likeness (QED) is 0.688. The molecule has 0 amide bonds. The van der Waals surface area contributed by atoms with Crippen LogP contribution in [0.15, 0.2) is 9.59 Å². The van der Waals surface area contributed by atoms with Gasteiger partial charge in [-0.25, -0.2) is 0 Å². The number of hydrogen-bond donors (Lipinski definition) is 1. The van der Waals surface area contributed by atoms with Crippen LogP contribution in [0.5, 0.6) is 0 Å². The van der Waals surface area contributed by atoms with Crippen LogP contribution in [-0.4, -0.2) is 31.6 Å². The molecule has 84 valence electrons. The molecule has 1 N–H and O–H groups in total. The average molecular weight is 210 g/mol. The van der Waals surface area contributed by atoms with Gasteiger partial charge in [-0.2, -0.15) is 0 Å². The van der Waals surface area contributed by atoms with Crippen molar-refractivity contribution in [2.45, 2.75) is 20.3 Å². The Bertz CT molecular complexity index is 391. The molecular weight excluding hydrogens is 192 g/mol. The van der Waals surface area contributed by atoms with Gasteiger partial charge in [-0.15, -0.1) is 0 Å². The molecule has 0 aliphatic heterocycles. The highest BCUT2D eigenvalue weighted by Gasteiger charge is 2.15. The zero-order valence-corrected chi connectivity index (χ0v) is 9.59. The minimum atomic E-state index is -0.370. The first kappa shape index (κ1) is 11.9. The molecule has 0 aliphatic carbocycles. The maximum atomic E-state index is 11.1. The molecular formula is C11H18N2O2. The van der Waals surface area contributed by atoms with Crippen LogP contribution in [0.25, 0.3) is 0 Å². The van der Waals surface area contributed by atoms with E-state index in [9.17, 15) is 9.59 Å². The van der Waals surface area contributed by atoms with Crippen LogP contribution in [0.1, 0.15) is 18.9 Å². The maximum absolute atomic E-state index is 11.1. The van der Waals surface area contributed by atoms with Gasteiger partial charge in [0, 0.05) is 18.7 Å². The van der Waals surface area contributed by atoms with E-state index >= 15 is 0 Å². The predicted molar refractivity (Wildman–Crippen MR) is 62.4 cm³/mol.